The zero-order valence-electron chi connectivity index (χ0n) is 27.9. The minimum absolute atomic E-state index is 0.0839. The van der Waals surface area contributed by atoms with E-state index in [4.69, 9.17) is 11.6 Å². The molecule has 2 aromatic heterocycles. The first-order valence-corrected chi connectivity index (χ1v) is 16.3. The zero-order valence-corrected chi connectivity index (χ0v) is 28.7. The van der Waals surface area contributed by atoms with Gasteiger partial charge in [0.15, 0.2) is 11.6 Å². The van der Waals surface area contributed by atoms with Gasteiger partial charge in [0.25, 0.3) is 0 Å². The van der Waals surface area contributed by atoms with Gasteiger partial charge < -0.3 is 14.2 Å². The lowest BCUT2D eigenvalue weighted by Gasteiger charge is -2.15. The lowest BCUT2D eigenvalue weighted by molar-refractivity contribution is 0.282. The number of benzene rings is 4. The molecule has 2 heterocycles. The van der Waals surface area contributed by atoms with E-state index in [0.717, 1.165) is 44.5 Å². The summed E-state index contributed by atoms with van der Waals surface area (Å²) >= 11 is 6.00. The minimum atomic E-state index is -0.283. The molecule has 0 saturated heterocycles. The Morgan fingerprint density at radius 3 is 1.46 bits per heavy atom. The molecule has 0 radical (unpaired) electrons. The topological polar surface area (TPSA) is 81.7 Å². The van der Waals surface area contributed by atoms with Crippen molar-refractivity contribution in [3.63, 3.8) is 0 Å². The standard InChI is InChI=1S/C19H19ClFN3.C19H20FN3O/c1-12(2)24-11-22-23-19(24)17-9-14(10-20)5-6-15(17)16-8-13(3)4-7-18(16)21;1-12(2)23-11-21-22-19(23)17-9-14(10-24)5-6-15(17)16-8-13(3)4-7-18(16)20/h4-9,11-12H,10H2,1-3H3;4-9,11-12,24H,10H2,1-3H3. The molecule has 0 atom stereocenters. The average molecular weight is 669 g/mol. The summed E-state index contributed by atoms with van der Waals surface area (Å²) in [4.78, 5) is 0. The summed E-state index contributed by atoms with van der Waals surface area (Å²) < 4.78 is 32.8. The summed E-state index contributed by atoms with van der Waals surface area (Å²) in [6.45, 7) is 12.0. The number of hydrogen-bond donors (Lipinski definition) is 1. The highest BCUT2D eigenvalue weighted by Gasteiger charge is 2.19. The minimum Gasteiger partial charge on any atom is -0.392 e. The number of hydrogen-bond acceptors (Lipinski definition) is 5. The highest BCUT2D eigenvalue weighted by Crippen LogP contribution is 2.36. The van der Waals surface area contributed by atoms with Crippen LogP contribution >= 0.6 is 11.6 Å². The number of halogens is 3. The molecule has 1 N–H and O–H groups in total. The van der Waals surface area contributed by atoms with Crippen LogP contribution in [-0.2, 0) is 12.5 Å². The maximum atomic E-state index is 14.4. The second-order valence-electron chi connectivity index (χ2n) is 12.3. The normalized spacial score (nSPS) is 11.2. The van der Waals surface area contributed by atoms with Gasteiger partial charge in [0.05, 0.1) is 6.61 Å². The Hall–Kier alpha value is -4.73. The third kappa shape index (κ3) is 7.37. The first-order chi connectivity index (χ1) is 23.0. The molecule has 0 bridgehead atoms. The molecule has 0 aliphatic carbocycles. The second-order valence-corrected chi connectivity index (χ2v) is 12.6. The van der Waals surface area contributed by atoms with E-state index in [0.29, 0.717) is 28.7 Å². The summed E-state index contributed by atoms with van der Waals surface area (Å²) in [5.41, 5.74) is 7.90. The fraction of sp³-hybridized carbons (Fsp3) is 0.263. The molecule has 0 unspecified atom stereocenters. The van der Waals surface area contributed by atoms with Gasteiger partial charge in [-0.1, -0.05) is 47.5 Å². The molecule has 0 fully saturated rings. The molecule has 0 aliphatic heterocycles. The maximum absolute atomic E-state index is 14.4. The molecule has 0 aliphatic rings. The fourth-order valence-electron chi connectivity index (χ4n) is 5.52. The number of aryl methyl sites for hydroxylation is 2. The quantitative estimate of drug-likeness (QED) is 0.163. The number of aliphatic hydroxyl groups is 1. The number of aliphatic hydroxyl groups excluding tert-OH is 1. The molecular formula is C38H39ClF2N6O. The lowest BCUT2D eigenvalue weighted by Crippen LogP contribution is -2.03. The van der Waals surface area contributed by atoms with Crippen LogP contribution < -0.4 is 0 Å². The van der Waals surface area contributed by atoms with Crippen molar-refractivity contribution >= 4 is 11.6 Å². The van der Waals surface area contributed by atoms with E-state index in [9.17, 15) is 13.9 Å². The average Bonchev–Trinajstić information content (AvgIpc) is 3.78. The Kier molecular flexibility index (Phi) is 10.8. The molecule has 0 saturated carbocycles. The largest absolute Gasteiger partial charge is 0.392 e. The summed E-state index contributed by atoms with van der Waals surface area (Å²) in [5.74, 6) is 1.23. The Morgan fingerprint density at radius 2 is 1.04 bits per heavy atom. The Labute approximate surface area is 284 Å². The van der Waals surface area contributed by atoms with Crippen molar-refractivity contribution in [3.05, 3.63) is 119 Å². The van der Waals surface area contributed by atoms with E-state index >= 15 is 0 Å². The third-order valence-corrected chi connectivity index (χ3v) is 8.38. The SMILES string of the molecule is Cc1ccc(F)c(-c2ccc(CCl)cc2-c2nncn2C(C)C)c1.Cc1ccc(F)c(-c2ccc(CO)cc2-c2nncn2C(C)C)c1. The van der Waals surface area contributed by atoms with Crippen LogP contribution in [0.15, 0.2) is 85.5 Å². The Bertz CT molecular complexity index is 1890. The van der Waals surface area contributed by atoms with Gasteiger partial charge in [0.1, 0.15) is 24.3 Å². The molecule has 0 amide bonds. The van der Waals surface area contributed by atoms with Crippen molar-refractivity contribution in [2.45, 2.75) is 66.1 Å². The molecule has 4 aromatic carbocycles. The summed E-state index contributed by atoms with van der Waals surface area (Å²) in [7, 11) is 0. The van der Waals surface area contributed by atoms with E-state index in [2.05, 4.69) is 34.2 Å². The second kappa shape index (κ2) is 15.0. The van der Waals surface area contributed by atoms with Crippen molar-refractivity contribution in [2.75, 3.05) is 0 Å². The summed E-state index contributed by atoms with van der Waals surface area (Å²) in [6, 6.07) is 21.8. The van der Waals surface area contributed by atoms with E-state index in [1.54, 1.807) is 30.9 Å². The van der Waals surface area contributed by atoms with E-state index in [1.165, 1.54) is 12.1 Å². The molecule has 7 nitrogen and oxygen atoms in total. The van der Waals surface area contributed by atoms with Crippen LogP contribution in [0.2, 0.25) is 0 Å². The van der Waals surface area contributed by atoms with Crippen LogP contribution in [-0.4, -0.2) is 34.6 Å². The van der Waals surface area contributed by atoms with E-state index in [1.807, 2.05) is 79.3 Å². The lowest BCUT2D eigenvalue weighted by atomic mass is 9.95. The maximum Gasteiger partial charge on any atom is 0.164 e. The number of aromatic nitrogens is 6. The van der Waals surface area contributed by atoms with E-state index < -0.39 is 0 Å². The van der Waals surface area contributed by atoms with Crippen molar-refractivity contribution in [1.82, 2.24) is 29.5 Å². The number of nitrogens with zero attached hydrogens (tertiary/aromatic N) is 6. The first kappa shape index (κ1) is 34.6. The van der Waals surface area contributed by atoms with Crippen molar-refractivity contribution < 1.29 is 13.9 Å². The van der Waals surface area contributed by atoms with Crippen molar-refractivity contribution in [3.8, 4) is 45.0 Å². The summed E-state index contributed by atoms with van der Waals surface area (Å²) in [6.07, 6.45) is 3.37. The van der Waals surface area contributed by atoms with Crippen LogP contribution in [0.3, 0.4) is 0 Å². The van der Waals surface area contributed by atoms with Gasteiger partial charge in [-0.2, -0.15) is 0 Å². The highest BCUT2D eigenvalue weighted by molar-refractivity contribution is 6.17. The molecule has 0 spiro atoms. The van der Waals surface area contributed by atoms with Gasteiger partial charge in [-0.05, 0) is 100 Å². The van der Waals surface area contributed by atoms with Crippen LogP contribution in [0.4, 0.5) is 8.78 Å². The van der Waals surface area contributed by atoms with Gasteiger partial charge in [-0.15, -0.1) is 32.0 Å². The molecule has 6 aromatic rings. The number of alkyl halides is 1. The predicted octanol–water partition coefficient (Wildman–Crippen LogP) is 9.51. The van der Waals surface area contributed by atoms with Gasteiger partial charge in [-0.25, -0.2) is 8.78 Å². The number of rotatable bonds is 8. The van der Waals surface area contributed by atoms with Crippen molar-refractivity contribution in [1.29, 1.82) is 0 Å². The van der Waals surface area contributed by atoms with Gasteiger partial charge in [-0.3, -0.25) is 0 Å². The Balaban J connectivity index is 0.000000188. The third-order valence-electron chi connectivity index (χ3n) is 8.07. The van der Waals surface area contributed by atoms with Crippen LogP contribution in [0.5, 0.6) is 0 Å². The molecule has 10 heteroatoms. The monoisotopic (exact) mass is 668 g/mol. The van der Waals surface area contributed by atoms with Crippen LogP contribution in [0, 0.1) is 25.5 Å². The van der Waals surface area contributed by atoms with Gasteiger partial charge in [0.2, 0.25) is 0 Å². The zero-order chi connectivity index (χ0) is 34.5. The predicted molar refractivity (Wildman–Crippen MR) is 187 cm³/mol. The Morgan fingerprint density at radius 1 is 0.604 bits per heavy atom. The fourth-order valence-corrected chi connectivity index (χ4v) is 5.69. The summed E-state index contributed by atoms with van der Waals surface area (Å²) in [5, 5.41) is 26.0. The molecule has 6 rings (SSSR count). The van der Waals surface area contributed by atoms with Crippen molar-refractivity contribution in [2.24, 2.45) is 0 Å². The first-order valence-electron chi connectivity index (χ1n) is 15.8. The molecule has 248 valence electrons. The molecule has 48 heavy (non-hydrogen) atoms. The van der Waals surface area contributed by atoms with Gasteiger partial charge in [0, 0.05) is 40.2 Å². The highest BCUT2D eigenvalue weighted by atomic mass is 35.5. The van der Waals surface area contributed by atoms with Gasteiger partial charge >= 0.3 is 0 Å². The van der Waals surface area contributed by atoms with E-state index in [-0.39, 0.29) is 30.3 Å². The van der Waals surface area contributed by atoms with Crippen LogP contribution in [0.25, 0.3) is 45.0 Å². The molecular weight excluding hydrogens is 630 g/mol. The smallest absolute Gasteiger partial charge is 0.164 e. The van der Waals surface area contributed by atoms with Crippen LogP contribution in [0.1, 0.15) is 62.0 Å².